The molecule has 0 spiro atoms. The van der Waals surface area contributed by atoms with Crippen molar-refractivity contribution >= 4 is 17.0 Å². The first-order chi connectivity index (χ1) is 12.2. The minimum Gasteiger partial charge on any atom is -0.481 e. The summed E-state index contributed by atoms with van der Waals surface area (Å²) in [6, 6.07) is 7.70. The summed E-state index contributed by atoms with van der Waals surface area (Å²) < 4.78 is 0. The van der Waals surface area contributed by atoms with Gasteiger partial charge in [-0.3, -0.25) is 4.79 Å². The van der Waals surface area contributed by atoms with Gasteiger partial charge in [0.1, 0.15) is 11.0 Å². The number of carboxylic acids is 1. The Hall–Kier alpha value is -1.91. The highest BCUT2D eigenvalue weighted by Crippen LogP contribution is 2.11. The van der Waals surface area contributed by atoms with E-state index >= 15 is 0 Å². The minimum absolute atomic E-state index is 0.344. The van der Waals surface area contributed by atoms with E-state index in [9.17, 15) is 4.79 Å². The van der Waals surface area contributed by atoms with Gasteiger partial charge in [-0.25, -0.2) is 0 Å². The van der Waals surface area contributed by atoms with E-state index in [0.717, 1.165) is 23.9 Å². The molecule has 0 saturated carbocycles. The van der Waals surface area contributed by atoms with Crippen LogP contribution in [0.5, 0.6) is 0 Å². The Balaban J connectivity index is 0.000000286. The number of carboxylic acid groups (broad SMARTS) is 1. The summed E-state index contributed by atoms with van der Waals surface area (Å²) in [6.45, 7) is 2.25. The molecule has 0 fully saturated rings. The predicted octanol–water partition coefficient (Wildman–Crippen LogP) is 5.73. The number of para-hydroxylation sites is 2. The van der Waals surface area contributed by atoms with Crippen LogP contribution in [0.3, 0.4) is 0 Å². The number of aliphatic carboxylic acids is 1. The number of nitrogens with one attached hydrogen (secondary N) is 1. The number of carbonyl (C=O) groups is 1. The van der Waals surface area contributed by atoms with Gasteiger partial charge in [-0.1, -0.05) is 83.3 Å². The molecule has 2 N–H and O–H groups in total. The average Bonchev–Trinajstić information content (AvgIpc) is 3.09. The maximum Gasteiger partial charge on any atom is 0.303 e. The molecular formula is C20H33N3O2. The number of aromatic nitrogens is 3. The Bertz CT molecular complexity index is 539. The van der Waals surface area contributed by atoms with Gasteiger partial charge in [0.25, 0.3) is 0 Å². The van der Waals surface area contributed by atoms with Gasteiger partial charge in [0, 0.05) is 6.42 Å². The molecule has 2 rings (SSSR count). The van der Waals surface area contributed by atoms with E-state index in [2.05, 4.69) is 22.3 Å². The molecule has 0 unspecified atom stereocenters. The van der Waals surface area contributed by atoms with Crippen LogP contribution in [0.4, 0.5) is 0 Å². The Labute approximate surface area is 151 Å². The lowest BCUT2D eigenvalue weighted by Crippen LogP contribution is -1.93. The van der Waals surface area contributed by atoms with Crippen molar-refractivity contribution in [1.82, 2.24) is 15.4 Å². The molecule has 0 radical (unpaired) electrons. The van der Waals surface area contributed by atoms with E-state index in [0.29, 0.717) is 6.42 Å². The van der Waals surface area contributed by atoms with Crippen LogP contribution in [-0.4, -0.2) is 26.5 Å². The zero-order chi connectivity index (χ0) is 18.2. The summed E-state index contributed by atoms with van der Waals surface area (Å²) in [5.41, 5.74) is 1.83. The zero-order valence-electron chi connectivity index (χ0n) is 15.5. The third-order valence-electron chi connectivity index (χ3n) is 4.22. The van der Waals surface area contributed by atoms with Crippen LogP contribution in [0.1, 0.15) is 84.0 Å². The summed E-state index contributed by atoms with van der Waals surface area (Å²) in [7, 11) is 0. The molecule has 0 atom stereocenters. The molecule has 25 heavy (non-hydrogen) atoms. The second-order valence-corrected chi connectivity index (χ2v) is 6.49. The molecular weight excluding hydrogens is 314 g/mol. The first-order valence-corrected chi connectivity index (χ1v) is 9.71. The van der Waals surface area contributed by atoms with Crippen LogP contribution in [0.2, 0.25) is 0 Å². The maximum atomic E-state index is 10.3. The van der Waals surface area contributed by atoms with E-state index in [-0.39, 0.29) is 0 Å². The number of hydrogen-bond donors (Lipinski definition) is 2. The van der Waals surface area contributed by atoms with Crippen LogP contribution in [0.15, 0.2) is 24.3 Å². The zero-order valence-corrected chi connectivity index (χ0v) is 15.5. The second-order valence-electron chi connectivity index (χ2n) is 6.49. The first kappa shape index (κ1) is 21.1. The molecule has 0 aliphatic carbocycles. The lowest BCUT2D eigenvalue weighted by Gasteiger charge is -2.01. The molecule has 5 nitrogen and oxygen atoms in total. The molecule has 1 heterocycles. The van der Waals surface area contributed by atoms with Gasteiger partial charge in [-0.15, -0.1) is 0 Å². The molecule has 1 aromatic heterocycles. The molecule has 5 heteroatoms. The third-order valence-corrected chi connectivity index (χ3v) is 4.22. The highest BCUT2D eigenvalue weighted by molar-refractivity contribution is 5.72. The fourth-order valence-corrected chi connectivity index (χ4v) is 2.73. The van der Waals surface area contributed by atoms with Crippen molar-refractivity contribution < 1.29 is 9.90 Å². The molecule has 0 aliphatic heterocycles. The van der Waals surface area contributed by atoms with Crippen molar-refractivity contribution in [1.29, 1.82) is 0 Å². The first-order valence-electron chi connectivity index (χ1n) is 9.71. The van der Waals surface area contributed by atoms with E-state index < -0.39 is 5.97 Å². The van der Waals surface area contributed by atoms with E-state index in [1.54, 1.807) is 0 Å². The molecule has 0 saturated heterocycles. The van der Waals surface area contributed by atoms with Gasteiger partial charge in [0.2, 0.25) is 0 Å². The number of nitrogens with zero attached hydrogens (tertiary/aromatic N) is 2. The summed E-state index contributed by atoms with van der Waals surface area (Å²) in [5, 5.41) is 18.8. The van der Waals surface area contributed by atoms with E-state index in [4.69, 9.17) is 5.11 Å². The number of unbranched alkanes of at least 4 members (excludes halogenated alkanes) is 10. The van der Waals surface area contributed by atoms with Gasteiger partial charge in [-0.2, -0.15) is 15.4 Å². The number of benzene rings is 1. The van der Waals surface area contributed by atoms with Crippen LogP contribution in [0.25, 0.3) is 11.0 Å². The van der Waals surface area contributed by atoms with Crippen molar-refractivity contribution in [2.45, 2.75) is 84.0 Å². The van der Waals surface area contributed by atoms with Crippen molar-refractivity contribution in [3.63, 3.8) is 0 Å². The van der Waals surface area contributed by atoms with Crippen molar-refractivity contribution in [2.75, 3.05) is 0 Å². The molecule has 0 amide bonds. The number of hydrogen-bond acceptors (Lipinski definition) is 3. The number of fused-ring (bicyclic) bond motifs is 1. The highest BCUT2D eigenvalue weighted by Gasteiger charge is 1.96. The van der Waals surface area contributed by atoms with Crippen LogP contribution in [0, 0.1) is 0 Å². The molecule has 140 valence electrons. The maximum absolute atomic E-state index is 10.3. The Morgan fingerprint density at radius 3 is 1.72 bits per heavy atom. The number of H-pyrrole nitrogens is 1. The third kappa shape index (κ3) is 11.3. The standard InChI is InChI=1S/C14H28O2.C6H5N3/c1-2-3-4-5-6-7-8-9-10-11-12-13-14(15)16;1-2-4-6-5(3-1)7-9-8-6/h2-13H2,1H3,(H,15,16);1-4H,(H,7,8,9). The smallest absolute Gasteiger partial charge is 0.303 e. The topological polar surface area (TPSA) is 78.9 Å². The Morgan fingerprint density at radius 2 is 1.28 bits per heavy atom. The van der Waals surface area contributed by atoms with E-state index in [1.807, 2.05) is 24.3 Å². The lowest BCUT2D eigenvalue weighted by atomic mass is 10.1. The van der Waals surface area contributed by atoms with Gasteiger partial charge < -0.3 is 5.11 Å². The van der Waals surface area contributed by atoms with Crippen LogP contribution < -0.4 is 0 Å². The summed E-state index contributed by atoms with van der Waals surface area (Å²) in [4.78, 5) is 10.3. The van der Waals surface area contributed by atoms with Gasteiger partial charge >= 0.3 is 5.97 Å². The van der Waals surface area contributed by atoms with Gasteiger partial charge in [0.05, 0.1) is 0 Å². The fraction of sp³-hybridized carbons (Fsp3) is 0.650. The SMILES string of the molecule is CCCCCCCCCCCCCC(=O)O.c1ccc2n[nH]nc2c1. The fourth-order valence-electron chi connectivity index (χ4n) is 2.73. The van der Waals surface area contributed by atoms with Crippen LogP contribution in [-0.2, 0) is 4.79 Å². The van der Waals surface area contributed by atoms with Gasteiger partial charge in [-0.05, 0) is 18.6 Å². The van der Waals surface area contributed by atoms with Gasteiger partial charge in [0.15, 0.2) is 0 Å². The largest absolute Gasteiger partial charge is 0.481 e. The summed E-state index contributed by atoms with van der Waals surface area (Å²) in [5.74, 6) is -0.657. The van der Waals surface area contributed by atoms with Crippen molar-refractivity contribution in [2.24, 2.45) is 0 Å². The average molecular weight is 348 g/mol. The summed E-state index contributed by atoms with van der Waals surface area (Å²) >= 11 is 0. The summed E-state index contributed by atoms with van der Waals surface area (Å²) in [6.07, 6.45) is 14.4. The second kappa shape index (κ2) is 14.4. The van der Waals surface area contributed by atoms with Crippen molar-refractivity contribution in [3.05, 3.63) is 24.3 Å². The minimum atomic E-state index is -0.657. The highest BCUT2D eigenvalue weighted by atomic mass is 16.4. The number of rotatable bonds is 12. The molecule has 0 bridgehead atoms. The lowest BCUT2D eigenvalue weighted by molar-refractivity contribution is -0.137. The molecule has 1 aromatic carbocycles. The normalized spacial score (nSPS) is 10.4. The van der Waals surface area contributed by atoms with Crippen LogP contribution >= 0.6 is 0 Å². The quantitative estimate of drug-likeness (QED) is 0.480. The number of aromatic amines is 1. The van der Waals surface area contributed by atoms with Crippen molar-refractivity contribution in [3.8, 4) is 0 Å². The Kier molecular flexibility index (Phi) is 12.2. The van der Waals surface area contributed by atoms with E-state index in [1.165, 1.54) is 57.8 Å². The predicted molar refractivity (Wildman–Crippen MR) is 103 cm³/mol. The molecule has 0 aliphatic rings. The molecule has 2 aromatic rings. The monoisotopic (exact) mass is 347 g/mol. The Morgan fingerprint density at radius 1 is 0.840 bits per heavy atom.